The summed E-state index contributed by atoms with van der Waals surface area (Å²) in [6.07, 6.45) is 17.9. The molecule has 9 heterocycles. The van der Waals surface area contributed by atoms with E-state index in [2.05, 4.69) is 110 Å². The number of nitrogens with zero attached hydrogens (tertiary/aromatic N) is 10. The summed E-state index contributed by atoms with van der Waals surface area (Å²) in [6, 6.07) is 37.8. The van der Waals surface area contributed by atoms with E-state index in [0.717, 1.165) is 135 Å². The molecule has 2 aliphatic carbocycles. The van der Waals surface area contributed by atoms with Gasteiger partial charge in [0.15, 0.2) is 0 Å². The van der Waals surface area contributed by atoms with Crippen LogP contribution in [0.15, 0.2) is 188 Å². The highest BCUT2D eigenvalue weighted by Crippen LogP contribution is 2.47. The standard InChI is InChI=1S/C47H52ClN7O8S2.C45H50ClN7O8S2/c1-47(2)13-11-34(41(26-47)32-5-7-35(48)8-6-32)29-53-15-17-54(18-16-53)36-9-10-39(44(23-36)63-37-22-33-12-14-49-45(33)50-28-37)46(56)52-65(60,61)38-24-42(55(57)58)40-21-31(30-62-43(40)25-38)27-51-64(59)19-3-4-20-64;1-45(2)13-11-32(39(24-45)30-5-7-33(46)8-6-30)27-51-15-17-52(18-16-51)34-9-10-37(42(21-34)61-35-20-31-12-14-47-43(31)48-26-35)44(54)50-63(58,59)36-22-40(53(55)56)38-19-29(25-49-62(3,4)57)28-60-41(38)23-36/h5-10,12,14,22-25,28,31H,3-4,11,13,15-21,26-27,29-30H2,1-2H3,(H,49,50)(H,52,56);5-10,12,14,20-23,26,29H,11,13,15-19,24-25,27-28H2,1-4H3,(H,47,48)(H,50,54)/t31-;29-/m00/s1. The number of carbonyl (C=O) groups is 2. The molecule has 0 radical (unpaired) electrons. The number of pyridine rings is 2. The van der Waals surface area contributed by atoms with E-state index >= 15 is 0 Å². The van der Waals surface area contributed by atoms with E-state index in [1.165, 1.54) is 82.6 Å². The largest absolute Gasteiger partial charge is 0.493 e. The van der Waals surface area contributed by atoms with E-state index in [-0.39, 0.29) is 107 Å². The zero-order valence-corrected chi connectivity index (χ0v) is 76.7. The van der Waals surface area contributed by atoms with Crippen LogP contribution in [0, 0.1) is 42.9 Å². The van der Waals surface area contributed by atoms with Crippen LogP contribution in [0.5, 0.6) is 34.5 Å². The summed E-state index contributed by atoms with van der Waals surface area (Å²) in [5, 5.41) is 27.6. The number of piperazine rings is 2. The average Bonchev–Trinajstić information content (AvgIpc) is 1.19. The fraction of sp³-hybridized carbons (Fsp3) is 0.391. The average molecular weight is 1860 g/mol. The Morgan fingerprint density at radius 2 is 0.984 bits per heavy atom. The number of amides is 2. The molecular formula is C92H102Cl2N14O16S4. The molecule has 30 nitrogen and oxygen atoms in total. The predicted octanol–water partition coefficient (Wildman–Crippen LogP) is 16.7. The molecule has 3 saturated heterocycles. The van der Waals surface area contributed by atoms with Crippen LogP contribution in [-0.4, -0.2) is 192 Å². The van der Waals surface area contributed by atoms with Gasteiger partial charge in [0.1, 0.15) is 45.8 Å². The van der Waals surface area contributed by atoms with Gasteiger partial charge in [0, 0.05) is 202 Å². The Hall–Kier alpha value is -11.0. The number of halogens is 2. The van der Waals surface area contributed by atoms with Crippen molar-refractivity contribution in [1.29, 1.82) is 0 Å². The number of nitro groups is 2. The minimum absolute atomic E-state index is 0.0181. The fourth-order valence-corrected chi connectivity index (χ4v) is 22.8. The maximum atomic E-state index is 14.1. The number of nitro benzene ring substituents is 2. The van der Waals surface area contributed by atoms with E-state index in [1.807, 2.05) is 36.4 Å². The Kier molecular flexibility index (Phi) is 26.3. The van der Waals surface area contributed by atoms with E-state index in [0.29, 0.717) is 60.5 Å². The third-order valence-corrected chi connectivity index (χ3v) is 31.2. The minimum Gasteiger partial charge on any atom is -0.493 e. The molecule has 10 aromatic rings. The first-order valence-corrected chi connectivity index (χ1v) is 50.6. The lowest BCUT2D eigenvalue weighted by molar-refractivity contribution is -0.386. The fourth-order valence-electron chi connectivity index (χ4n) is 17.7. The van der Waals surface area contributed by atoms with Crippen LogP contribution in [0.3, 0.4) is 0 Å². The number of ether oxygens (including phenoxy) is 4. The number of carbonyl (C=O) groups excluding carboxylic acids is 2. The molecule has 17 rings (SSSR count). The molecule has 7 aliphatic rings. The van der Waals surface area contributed by atoms with Gasteiger partial charge in [0.25, 0.3) is 43.2 Å². The number of aromatic nitrogens is 4. The van der Waals surface area contributed by atoms with Gasteiger partial charge in [0.2, 0.25) is 0 Å². The van der Waals surface area contributed by atoms with Crippen molar-refractivity contribution in [2.24, 2.45) is 31.4 Å². The number of rotatable bonds is 24. The summed E-state index contributed by atoms with van der Waals surface area (Å²) in [7, 11) is -14.0. The Morgan fingerprint density at radius 3 is 1.39 bits per heavy atom. The molecule has 0 saturated carbocycles. The van der Waals surface area contributed by atoms with E-state index in [9.17, 15) is 55.1 Å². The van der Waals surface area contributed by atoms with Gasteiger partial charge in [-0.1, -0.05) is 86.3 Å². The van der Waals surface area contributed by atoms with Gasteiger partial charge in [-0.05, 0) is 170 Å². The van der Waals surface area contributed by atoms with Crippen LogP contribution in [-0.2, 0) is 52.3 Å². The van der Waals surface area contributed by atoms with Crippen LogP contribution < -0.4 is 38.2 Å². The van der Waals surface area contributed by atoms with Gasteiger partial charge in [0.05, 0.1) is 80.6 Å². The van der Waals surface area contributed by atoms with Gasteiger partial charge in [-0.3, -0.25) is 43.8 Å². The zero-order valence-electron chi connectivity index (χ0n) is 71.9. The second kappa shape index (κ2) is 37.2. The van der Waals surface area contributed by atoms with Crippen LogP contribution >= 0.6 is 23.2 Å². The number of hydrogen-bond donors (Lipinski definition) is 4. The van der Waals surface area contributed by atoms with Crippen molar-refractivity contribution in [1.82, 2.24) is 39.2 Å². The Labute approximate surface area is 754 Å². The maximum Gasteiger partial charge on any atom is 0.277 e. The Balaban J connectivity index is 0.000000188. The second-order valence-electron chi connectivity index (χ2n) is 35.8. The maximum absolute atomic E-state index is 14.1. The van der Waals surface area contributed by atoms with Crippen LogP contribution in [0.4, 0.5) is 22.7 Å². The molecule has 6 aromatic carbocycles. The van der Waals surface area contributed by atoms with Crippen molar-refractivity contribution in [2.45, 2.75) is 102 Å². The van der Waals surface area contributed by atoms with E-state index in [4.69, 9.17) is 42.1 Å². The van der Waals surface area contributed by atoms with Gasteiger partial charge in [-0.25, -0.2) is 49.2 Å². The van der Waals surface area contributed by atoms with Crippen molar-refractivity contribution in [3.8, 4) is 34.5 Å². The number of allylic oxidation sites excluding steroid dienone is 2. The first kappa shape index (κ1) is 90.4. The Bertz CT molecular complexity index is 6570. The Morgan fingerprint density at radius 1 is 0.570 bits per heavy atom. The quantitative estimate of drug-likeness (QED) is 0.0322. The molecule has 2 atom stereocenters. The molecule has 674 valence electrons. The lowest BCUT2D eigenvalue weighted by Crippen LogP contribution is -2.47. The lowest BCUT2D eigenvalue weighted by Gasteiger charge is -2.39. The molecule has 0 bridgehead atoms. The number of fused-ring (bicyclic) bond motifs is 4. The number of aromatic amines is 2. The van der Waals surface area contributed by atoms with Crippen molar-refractivity contribution in [3.05, 3.63) is 233 Å². The topological polar surface area (TPSA) is 379 Å². The summed E-state index contributed by atoms with van der Waals surface area (Å²) < 4.78 is 118. The summed E-state index contributed by atoms with van der Waals surface area (Å²) in [5.74, 6) is -0.527. The SMILES string of the molecule is CC1(C)CCC(CN2CCN(c3ccc(C(=O)NS(=O)(=O)c4cc5c(c([N+](=O)[O-])c4)C[C@@H](CN=S(C)(C)=O)CO5)c(Oc4cnc5[nH]ccc5c4)c3)CC2)=C(c2ccc(Cl)cc2)C1.CC1(C)CCC(CN2CCN(c3ccc(C(=O)NS(=O)(=O)c4cc5c(c([N+](=O)[O-])c4)C[C@@H](CN=S4(=O)CCCC4)CO5)c(Oc4cnc5[nH]ccc5c4)c3)CC2)=C(c2ccc(Cl)cc2)C1. The number of anilines is 2. The number of H-pyrrole nitrogens is 2. The molecule has 4 aromatic heterocycles. The van der Waals surface area contributed by atoms with Crippen LogP contribution in [0.25, 0.3) is 33.2 Å². The van der Waals surface area contributed by atoms with Crippen molar-refractivity contribution in [2.75, 3.05) is 126 Å². The predicted molar refractivity (Wildman–Crippen MR) is 497 cm³/mol. The smallest absolute Gasteiger partial charge is 0.277 e. The van der Waals surface area contributed by atoms with Crippen molar-refractivity contribution < 1.29 is 63.6 Å². The number of nitrogens with one attached hydrogen (secondary N) is 4. The molecule has 3 fully saturated rings. The van der Waals surface area contributed by atoms with Gasteiger partial charge in [-0.15, -0.1) is 0 Å². The molecule has 0 unspecified atom stereocenters. The highest BCUT2D eigenvalue weighted by molar-refractivity contribution is 7.93. The summed E-state index contributed by atoms with van der Waals surface area (Å²) in [6.45, 7) is 17.7. The molecule has 128 heavy (non-hydrogen) atoms. The van der Waals surface area contributed by atoms with Gasteiger partial charge in [-0.2, -0.15) is 0 Å². The number of hydrogen-bond acceptors (Lipinski definition) is 24. The third kappa shape index (κ3) is 21.5. The van der Waals surface area contributed by atoms with Crippen molar-refractivity contribution in [3.63, 3.8) is 0 Å². The van der Waals surface area contributed by atoms with Crippen LogP contribution in [0.1, 0.15) is 122 Å². The van der Waals surface area contributed by atoms with Gasteiger partial charge >= 0.3 is 0 Å². The zero-order chi connectivity index (χ0) is 90.2. The highest BCUT2D eigenvalue weighted by atomic mass is 35.5. The second-order valence-corrected chi connectivity index (χ2v) is 45.3. The molecule has 0 spiro atoms. The molecular weight excluding hydrogens is 1760 g/mol. The number of sulfonamides is 2. The number of benzene rings is 6. The first-order chi connectivity index (χ1) is 61.0. The first-order valence-electron chi connectivity index (χ1n) is 42.7. The normalized spacial score (nSPS) is 18.9. The minimum atomic E-state index is -4.67. The van der Waals surface area contributed by atoms with Crippen LogP contribution in [0.2, 0.25) is 10.0 Å². The monoisotopic (exact) mass is 1860 g/mol. The van der Waals surface area contributed by atoms with Crippen molar-refractivity contribution >= 4 is 130 Å². The molecule has 4 N–H and O–H groups in total. The van der Waals surface area contributed by atoms with E-state index in [1.54, 1.807) is 48.8 Å². The highest BCUT2D eigenvalue weighted by Gasteiger charge is 2.38. The molecule has 5 aliphatic heterocycles. The summed E-state index contributed by atoms with van der Waals surface area (Å²) >= 11 is 12.5. The van der Waals surface area contributed by atoms with Gasteiger partial charge < -0.3 is 38.7 Å². The lowest BCUT2D eigenvalue weighted by atomic mass is 9.72. The van der Waals surface area contributed by atoms with E-state index < -0.39 is 82.3 Å². The molecule has 2 amide bonds. The third-order valence-electron chi connectivity index (χ3n) is 24.8. The summed E-state index contributed by atoms with van der Waals surface area (Å²) in [4.78, 5) is 74.6. The molecule has 36 heteroatoms. The summed E-state index contributed by atoms with van der Waals surface area (Å²) in [5.41, 5.74) is 10.8.